The lowest BCUT2D eigenvalue weighted by Gasteiger charge is -2.25. The van der Waals surface area contributed by atoms with Gasteiger partial charge in [-0.2, -0.15) is 0 Å². The summed E-state index contributed by atoms with van der Waals surface area (Å²) in [5.74, 6) is 0.637. The summed E-state index contributed by atoms with van der Waals surface area (Å²) in [5, 5.41) is 0.762. The average Bonchev–Trinajstić information content (AvgIpc) is 3.19. The van der Waals surface area contributed by atoms with E-state index in [0.29, 0.717) is 18.5 Å². The van der Waals surface area contributed by atoms with Crippen molar-refractivity contribution in [1.82, 2.24) is 4.90 Å². The number of benzene rings is 1. The summed E-state index contributed by atoms with van der Waals surface area (Å²) in [6.07, 6.45) is 2.45. The van der Waals surface area contributed by atoms with Crippen LogP contribution in [0.25, 0.3) is 0 Å². The van der Waals surface area contributed by atoms with Crippen molar-refractivity contribution in [1.29, 1.82) is 0 Å². The normalized spacial score (nSPS) is 16.5. The third-order valence-electron chi connectivity index (χ3n) is 3.70. The third kappa shape index (κ3) is 3.63. The van der Waals surface area contributed by atoms with Crippen molar-refractivity contribution in [2.24, 2.45) is 10.7 Å². The molecule has 2 rings (SSSR count). The Morgan fingerprint density at radius 1 is 1.47 bits per heavy atom. The van der Waals surface area contributed by atoms with Crippen LogP contribution in [0.5, 0.6) is 0 Å². The van der Waals surface area contributed by atoms with Crippen LogP contribution in [-0.4, -0.2) is 30.5 Å². The van der Waals surface area contributed by atoms with E-state index in [4.69, 9.17) is 17.3 Å². The van der Waals surface area contributed by atoms with Crippen LogP contribution in [0.15, 0.2) is 29.3 Å². The minimum absolute atomic E-state index is 0.0695. The smallest absolute Gasteiger partial charge is 0.191 e. The van der Waals surface area contributed by atoms with Crippen LogP contribution in [0, 0.1) is 0 Å². The third-order valence-corrected chi connectivity index (χ3v) is 3.93. The highest BCUT2D eigenvalue weighted by molar-refractivity contribution is 6.30. The van der Waals surface area contributed by atoms with Crippen LogP contribution in [0.2, 0.25) is 5.02 Å². The standard InChI is InChI=1S/C15H22ClN3/c1-15(2,11-5-4-6-12(16)9-11)10-18-14(17)19(3)13-7-8-13/h4-6,9,13H,7-8,10H2,1-3H3,(H2,17,18). The maximum Gasteiger partial charge on any atom is 0.191 e. The van der Waals surface area contributed by atoms with Gasteiger partial charge in [-0.3, -0.25) is 4.99 Å². The summed E-state index contributed by atoms with van der Waals surface area (Å²) in [4.78, 5) is 6.62. The molecule has 1 saturated carbocycles. The van der Waals surface area contributed by atoms with Crippen molar-refractivity contribution in [3.63, 3.8) is 0 Å². The first-order valence-electron chi connectivity index (χ1n) is 6.69. The fourth-order valence-electron chi connectivity index (χ4n) is 2.04. The van der Waals surface area contributed by atoms with Gasteiger partial charge in [0.1, 0.15) is 0 Å². The first-order chi connectivity index (χ1) is 8.90. The maximum absolute atomic E-state index is 6.05. The molecule has 1 fully saturated rings. The zero-order valence-electron chi connectivity index (χ0n) is 11.9. The lowest BCUT2D eigenvalue weighted by atomic mass is 9.85. The van der Waals surface area contributed by atoms with Crippen molar-refractivity contribution in [3.05, 3.63) is 34.9 Å². The molecule has 0 atom stereocenters. The van der Waals surface area contributed by atoms with Crippen molar-refractivity contribution in [2.75, 3.05) is 13.6 Å². The fraction of sp³-hybridized carbons (Fsp3) is 0.533. The Hall–Kier alpha value is -1.22. The van der Waals surface area contributed by atoms with E-state index in [1.807, 2.05) is 25.2 Å². The van der Waals surface area contributed by atoms with Gasteiger partial charge in [0.05, 0.1) is 6.54 Å². The van der Waals surface area contributed by atoms with Crippen molar-refractivity contribution in [3.8, 4) is 0 Å². The molecule has 0 heterocycles. The van der Waals surface area contributed by atoms with Gasteiger partial charge in [0, 0.05) is 23.5 Å². The summed E-state index contributed by atoms with van der Waals surface area (Å²) in [5.41, 5.74) is 7.14. The summed E-state index contributed by atoms with van der Waals surface area (Å²) in [6.45, 7) is 4.98. The average molecular weight is 280 g/mol. The number of rotatable bonds is 4. The number of nitrogens with zero attached hydrogens (tertiary/aromatic N) is 2. The van der Waals surface area contributed by atoms with Crippen LogP contribution in [0.3, 0.4) is 0 Å². The van der Waals surface area contributed by atoms with Gasteiger partial charge in [0.25, 0.3) is 0 Å². The van der Waals surface area contributed by atoms with Crippen LogP contribution in [0.1, 0.15) is 32.3 Å². The molecule has 1 aromatic carbocycles. The number of hydrogen-bond acceptors (Lipinski definition) is 1. The van der Waals surface area contributed by atoms with E-state index in [-0.39, 0.29) is 5.41 Å². The molecule has 0 saturated heterocycles. The topological polar surface area (TPSA) is 41.6 Å². The Balaban J connectivity index is 2.06. The summed E-state index contributed by atoms with van der Waals surface area (Å²) >= 11 is 6.05. The molecule has 104 valence electrons. The molecule has 3 nitrogen and oxygen atoms in total. The summed E-state index contributed by atoms with van der Waals surface area (Å²) < 4.78 is 0. The molecule has 0 aliphatic heterocycles. The van der Waals surface area contributed by atoms with Gasteiger partial charge in [-0.15, -0.1) is 0 Å². The lowest BCUT2D eigenvalue weighted by Crippen LogP contribution is -2.37. The second kappa shape index (κ2) is 5.41. The van der Waals surface area contributed by atoms with E-state index in [1.165, 1.54) is 18.4 Å². The van der Waals surface area contributed by atoms with Crippen LogP contribution in [0.4, 0.5) is 0 Å². The molecule has 4 heteroatoms. The molecule has 1 aliphatic rings. The van der Waals surface area contributed by atoms with E-state index in [0.717, 1.165) is 5.02 Å². The van der Waals surface area contributed by atoms with Crippen molar-refractivity contribution < 1.29 is 0 Å². The molecule has 2 N–H and O–H groups in total. The molecule has 0 bridgehead atoms. The first kappa shape index (κ1) is 14.2. The first-order valence-corrected chi connectivity index (χ1v) is 7.07. The number of aliphatic imine (C=N–C) groups is 1. The van der Waals surface area contributed by atoms with Crippen molar-refractivity contribution >= 4 is 17.6 Å². The van der Waals surface area contributed by atoms with Gasteiger partial charge >= 0.3 is 0 Å². The quantitative estimate of drug-likeness (QED) is 0.680. The van der Waals surface area contributed by atoms with Crippen LogP contribution >= 0.6 is 11.6 Å². The van der Waals surface area contributed by atoms with Crippen LogP contribution < -0.4 is 5.73 Å². The lowest BCUT2D eigenvalue weighted by molar-refractivity contribution is 0.476. The van der Waals surface area contributed by atoms with E-state index in [9.17, 15) is 0 Å². The van der Waals surface area contributed by atoms with Gasteiger partial charge in [0.15, 0.2) is 5.96 Å². The monoisotopic (exact) mass is 279 g/mol. The largest absolute Gasteiger partial charge is 0.370 e. The number of halogens is 1. The van der Waals surface area contributed by atoms with Crippen molar-refractivity contribution in [2.45, 2.75) is 38.1 Å². The Kier molecular flexibility index (Phi) is 4.04. The van der Waals surface area contributed by atoms with Gasteiger partial charge < -0.3 is 10.6 Å². The van der Waals surface area contributed by atoms with E-state index >= 15 is 0 Å². The van der Waals surface area contributed by atoms with Gasteiger partial charge in [-0.25, -0.2) is 0 Å². The predicted molar refractivity (Wildman–Crippen MR) is 81.8 cm³/mol. The maximum atomic E-state index is 6.05. The van der Waals surface area contributed by atoms with Crippen LogP contribution in [-0.2, 0) is 5.41 Å². The SMILES string of the molecule is CN(C(N)=NCC(C)(C)c1cccc(Cl)c1)C1CC1. The molecule has 0 unspecified atom stereocenters. The molecule has 0 aromatic heterocycles. The molecule has 1 aromatic rings. The highest BCUT2D eigenvalue weighted by Gasteiger charge is 2.28. The Morgan fingerprint density at radius 3 is 2.74 bits per heavy atom. The highest BCUT2D eigenvalue weighted by Crippen LogP contribution is 2.27. The van der Waals surface area contributed by atoms with E-state index in [1.54, 1.807) is 0 Å². The minimum Gasteiger partial charge on any atom is -0.370 e. The molecule has 0 spiro atoms. The summed E-state index contributed by atoms with van der Waals surface area (Å²) in [6, 6.07) is 8.54. The highest BCUT2D eigenvalue weighted by atomic mass is 35.5. The number of nitrogens with two attached hydrogens (primary N) is 1. The Bertz CT molecular complexity index is 478. The fourth-order valence-corrected chi connectivity index (χ4v) is 2.23. The molecular formula is C15H22ClN3. The van der Waals surface area contributed by atoms with E-state index < -0.39 is 0 Å². The van der Waals surface area contributed by atoms with Gasteiger partial charge in [-0.1, -0.05) is 37.6 Å². The van der Waals surface area contributed by atoms with Gasteiger partial charge in [-0.05, 0) is 30.5 Å². The van der Waals surface area contributed by atoms with E-state index in [2.05, 4.69) is 29.8 Å². The zero-order valence-corrected chi connectivity index (χ0v) is 12.6. The molecule has 19 heavy (non-hydrogen) atoms. The minimum atomic E-state index is -0.0695. The summed E-state index contributed by atoms with van der Waals surface area (Å²) in [7, 11) is 2.02. The molecular weight excluding hydrogens is 258 g/mol. The van der Waals surface area contributed by atoms with Gasteiger partial charge in [0.2, 0.25) is 0 Å². The Labute approximate surface area is 120 Å². The molecule has 0 amide bonds. The molecule has 1 aliphatic carbocycles. The zero-order chi connectivity index (χ0) is 14.0. The number of hydrogen-bond donors (Lipinski definition) is 1. The number of guanidine groups is 1. The Morgan fingerprint density at radius 2 is 2.16 bits per heavy atom. The second-order valence-corrected chi connectivity index (χ2v) is 6.35. The molecule has 0 radical (unpaired) electrons. The second-order valence-electron chi connectivity index (χ2n) is 5.91. The predicted octanol–water partition coefficient (Wildman–Crippen LogP) is 3.03.